The Bertz CT molecular complexity index is 836. The van der Waals surface area contributed by atoms with Crippen molar-refractivity contribution in [3.8, 4) is 0 Å². The molecule has 0 amide bonds. The van der Waals surface area contributed by atoms with Gasteiger partial charge in [-0.2, -0.15) is 0 Å². The quantitative estimate of drug-likeness (QED) is 0.206. The summed E-state index contributed by atoms with van der Waals surface area (Å²) in [6.07, 6.45) is 26.0. The molecule has 0 aromatic carbocycles. The molecule has 3 rings (SSSR count). The van der Waals surface area contributed by atoms with Gasteiger partial charge in [-0.05, 0) is 110 Å². The predicted octanol–water partition coefficient (Wildman–Crippen LogP) is 10.8. The van der Waals surface area contributed by atoms with E-state index in [9.17, 15) is 10.2 Å². The van der Waals surface area contributed by atoms with Crippen LogP contribution in [0.2, 0.25) is 0 Å². The van der Waals surface area contributed by atoms with Crippen LogP contribution in [0.25, 0.3) is 0 Å². The van der Waals surface area contributed by atoms with Crippen molar-refractivity contribution in [2.75, 3.05) is 0 Å². The average Bonchev–Trinajstić information content (AvgIpc) is 2.97. The fourth-order valence-electron chi connectivity index (χ4n) is 8.84. The summed E-state index contributed by atoms with van der Waals surface area (Å²) in [5.41, 5.74) is 4.62. The Balaban J connectivity index is 1.88. The summed E-state index contributed by atoms with van der Waals surface area (Å²) in [7, 11) is 0. The standard InChI is InChI=1S/C39H68O2/c1-8-35(39(33-22-24-34(40)25-23-33)36(9-2)32-20-18-28(5)19-21-32)30(7)38(41)26-37(31-16-11-10-12-17-31)29(6)15-13-14-27(3)4/h18,20-21,27-31,33-35,37-38,40-41H,8-17,19,22-26H2,1-7H3/b39-36+/t28-,29-,30?,33?,34?,35-,37?,38+/m0/s1. The third kappa shape index (κ3) is 10.1. The molecular weight excluding hydrogens is 500 g/mol. The molecule has 2 nitrogen and oxygen atoms in total. The highest BCUT2D eigenvalue weighted by atomic mass is 16.3. The summed E-state index contributed by atoms with van der Waals surface area (Å²) in [4.78, 5) is 0. The second-order valence-corrected chi connectivity index (χ2v) is 15.1. The lowest BCUT2D eigenvalue weighted by molar-refractivity contribution is 0.0317. The highest BCUT2D eigenvalue weighted by molar-refractivity contribution is 5.46. The molecule has 3 aliphatic rings. The Morgan fingerprint density at radius 3 is 2.17 bits per heavy atom. The van der Waals surface area contributed by atoms with Crippen LogP contribution in [0.4, 0.5) is 0 Å². The summed E-state index contributed by atoms with van der Waals surface area (Å²) in [6.45, 7) is 16.6. The molecule has 2 unspecified atom stereocenters. The van der Waals surface area contributed by atoms with Crippen molar-refractivity contribution in [1.29, 1.82) is 0 Å². The highest BCUT2D eigenvalue weighted by Crippen LogP contribution is 2.45. The minimum Gasteiger partial charge on any atom is -0.393 e. The van der Waals surface area contributed by atoms with Gasteiger partial charge in [0, 0.05) is 0 Å². The minimum atomic E-state index is -0.252. The van der Waals surface area contributed by atoms with Gasteiger partial charge in [-0.1, -0.05) is 124 Å². The first-order chi connectivity index (χ1) is 19.7. The zero-order valence-corrected chi connectivity index (χ0v) is 28.2. The van der Waals surface area contributed by atoms with Gasteiger partial charge in [0.05, 0.1) is 12.2 Å². The van der Waals surface area contributed by atoms with Crippen LogP contribution in [0.15, 0.2) is 34.9 Å². The second kappa shape index (κ2) is 17.4. The van der Waals surface area contributed by atoms with E-state index < -0.39 is 0 Å². The molecule has 3 aliphatic carbocycles. The Labute approximate surface area is 255 Å². The number of aliphatic hydroxyl groups is 2. The SMILES string of the molecule is CC/C(C1=CC[C@@H](C)C=C1)=C(/C1CCC(O)CC1)[C@@H](CC)C(C)[C@H](O)CC(C1CCCCC1)[C@@H](C)CCCC(C)C. The molecule has 0 radical (unpaired) electrons. The van der Waals surface area contributed by atoms with E-state index >= 15 is 0 Å². The molecule has 41 heavy (non-hydrogen) atoms. The van der Waals surface area contributed by atoms with Gasteiger partial charge < -0.3 is 10.2 Å². The van der Waals surface area contributed by atoms with Crippen LogP contribution >= 0.6 is 0 Å². The second-order valence-electron chi connectivity index (χ2n) is 15.1. The van der Waals surface area contributed by atoms with Crippen molar-refractivity contribution in [2.24, 2.45) is 47.3 Å². The predicted molar refractivity (Wildman–Crippen MR) is 178 cm³/mol. The van der Waals surface area contributed by atoms with Gasteiger partial charge >= 0.3 is 0 Å². The van der Waals surface area contributed by atoms with Gasteiger partial charge in [-0.15, -0.1) is 0 Å². The van der Waals surface area contributed by atoms with Crippen molar-refractivity contribution in [2.45, 2.75) is 163 Å². The molecule has 2 fully saturated rings. The molecular formula is C39H68O2. The van der Waals surface area contributed by atoms with E-state index in [4.69, 9.17) is 0 Å². The van der Waals surface area contributed by atoms with Crippen molar-refractivity contribution < 1.29 is 10.2 Å². The average molecular weight is 569 g/mol. The molecule has 0 spiro atoms. The zero-order valence-electron chi connectivity index (χ0n) is 28.2. The van der Waals surface area contributed by atoms with E-state index in [0.717, 1.165) is 63.2 Å². The van der Waals surface area contributed by atoms with Crippen LogP contribution in [-0.2, 0) is 0 Å². The van der Waals surface area contributed by atoms with Gasteiger partial charge in [0.15, 0.2) is 0 Å². The van der Waals surface area contributed by atoms with Crippen molar-refractivity contribution in [3.63, 3.8) is 0 Å². The molecule has 0 aromatic rings. The van der Waals surface area contributed by atoms with E-state index in [2.05, 4.69) is 66.7 Å². The van der Waals surface area contributed by atoms with Crippen LogP contribution in [0.1, 0.15) is 151 Å². The van der Waals surface area contributed by atoms with Gasteiger partial charge in [0.2, 0.25) is 0 Å². The molecule has 2 heteroatoms. The molecule has 0 heterocycles. The minimum absolute atomic E-state index is 0.135. The van der Waals surface area contributed by atoms with Gasteiger partial charge in [0.25, 0.3) is 0 Å². The Morgan fingerprint density at radius 1 is 0.927 bits per heavy atom. The van der Waals surface area contributed by atoms with Crippen LogP contribution in [-0.4, -0.2) is 22.4 Å². The lowest BCUT2D eigenvalue weighted by Gasteiger charge is -2.41. The molecule has 0 aromatic heterocycles. The van der Waals surface area contributed by atoms with Crippen molar-refractivity contribution in [1.82, 2.24) is 0 Å². The maximum absolute atomic E-state index is 12.1. The Kier molecular flexibility index (Phi) is 14.7. The molecule has 0 aliphatic heterocycles. The topological polar surface area (TPSA) is 40.5 Å². The fraction of sp³-hybridized carbons (Fsp3) is 0.846. The summed E-state index contributed by atoms with van der Waals surface area (Å²) < 4.78 is 0. The first kappa shape index (κ1) is 34.6. The number of rotatable bonds is 15. The van der Waals surface area contributed by atoms with Crippen LogP contribution < -0.4 is 0 Å². The molecule has 6 atom stereocenters. The van der Waals surface area contributed by atoms with E-state index in [1.54, 1.807) is 11.1 Å². The molecule has 2 saturated carbocycles. The maximum Gasteiger partial charge on any atom is 0.0574 e. The monoisotopic (exact) mass is 569 g/mol. The summed E-state index contributed by atoms with van der Waals surface area (Å²) in [5, 5.41) is 22.4. The first-order valence-corrected chi connectivity index (χ1v) is 18.1. The van der Waals surface area contributed by atoms with E-state index in [1.807, 2.05) is 0 Å². The van der Waals surface area contributed by atoms with Crippen LogP contribution in [0.3, 0.4) is 0 Å². The fourth-order valence-corrected chi connectivity index (χ4v) is 8.84. The Hall–Kier alpha value is -0.860. The van der Waals surface area contributed by atoms with Gasteiger partial charge in [0.1, 0.15) is 0 Å². The summed E-state index contributed by atoms with van der Waals surface area (Å²) >= 11 is 0. The van der Waals surface area contributed by atoms with E-state index in [1.165, 1.54) is 56.9 Å². The largest absolute Gasteiger partial charge is 0.393 e. The third-order valence-electron chi connectivity index (χ3n) is 11.5. The number of allylic oxidation sites excluding steroid dienone is 6. The summed E-state index contributed by atoms with van der Waals surface area (Å²) in [6, 6.07) is 0. The summed E-state index contributed by atoms with van der Waals surface area (Å²) in [5.74, 6) is 4.72. The smallest absolute Gasteiger partial charge is 0.0574 e. The third-order valence-corrected chi connectivity index (χ3v) is 11.5. The molecule has 2 N–H and O–H groups in total. The molecule has 236 valence electrons. The Morgan fingerprint density at radius 2 is 1.61 bits per heavy atom. The van der Waals surface area contributed by atoms with Crippen LogP contribution in [0.5, 0.6) is 0 Å². The number of hydrogen-bond donors (Lipinski definition) is 2. The van der Waals surface area contributed by atoms with Crippen molar-refractivity contribution in [3.05, 3.63) is 34.9 Å². The highest BCUT2D eigenvalue weighted by Gasteiger charge is 2.37. The number of aliphatic hydroxyl groups excluding tert-OH is 2. The van der Waals surface area contributed by atoms with Crippen molar-refractivity contribution >= 4 is 0 Å². The molecule has 0 bridgehead atoms. The van der Waals surface area contributed by atoms with Gasteiger partial charge in [-0.3, -0.25) is 0 Å². The molecule has 0 saturated heterocycles. The lowest BCUT2D eigenvalue weighted by Crippen LogP contribution is -2.35. The first-order valence-electron chi connectivity index (χ1n) is 18.1. The normalized spacial score (nSPS) is 28.5. The van der Waals surface area contributed by atoms with E-state index in [-0.39, 0.29) is 18.1 Å². The maximum atomic E-state index is 12.1. The lowest BCUT2D eigenvalue weighted by atomic mass is 9.66. The zero-order chi connectivity index (χ0) is 29.9. The number of hydrogen-bond acceptors (Lipinski definition) is 2. The van der Waals surface area contributed by atoms with E-state index in [0.29, 0.717) is 29.6 Å². The van der Waals surface area contributed by atoms with Gasteiger partial charge in [-0.25, -0.2) is 0 Å². The van der Waals surface area contributed by atoms with Crippen LogP contribution in [0, 0.1) is 47.3 Å².